The van der Waals surface area contributed by atoms with Gasteiger partial charge in [0.2, 0.25) is 0 Å². The molecule has 2 aromatic carbocycles. The number of hydrogen-bond acceptors (Lipinski definition) is 2. The average Bonchev–Trinajstić information content (AvgIpc) is 2.67. The first-order valence-corrected chi connectivity index (χ1v) is 9.32. The van der Waals surface area contributed by atoms with Gasteiger partial charge in [0, 0.05) is 5.56 Å². The van der Waals surface area contributed by atoms with E-state index in [4.69, 9.17) is 4.74 Å². The molecule has 0 saturated heterocycles. The third-order valence-electron chi connectivity index (χ3n) is 5.13. The van der Waals surface area contributed by atoms with Gasteiger partial charge >= 0.3 is 0 Å². The van der Waals surface area contributed by atoms with Crippen LogP contribution in [0, 0.1) is 0 Å². The number of amides is 1. The number of hydrogen-bond donors (Lipinski definition) is 1. The summed E-state index contributed by atoms with van der Waals surface area (Å²) >= 11 is 0. The van der Waals surface area contributed by atoms with Gasteiger partial charge in [-0.15, -0.1) is 6.58 Å². The van der Waals surface area contributed by atoms with Crippen molar-refractivity contribution in [3.63, 3.8) is 0 Å². The van der Waals surface area contributed by atoms with Gasteiger partial charge in [-0.2, -0.15) is 0 Å². The fourth-order valence-electron chi connectivity index (χ4n) is 3.62. The minimum Gasteiger partial charge on any atom is -0.496 e. The second-order valence-corrected chi connectivity index (χ2v) is 6.95. The molecule has 0 saturated carbocycles. The van der Waals surface area contributed by atoms with Gasteiger partial charge in [-0.25, -0.2) is 0 Å². The fourth-order valence-corrected chi connectivity index (χ4v) is 3.62. The molecule has 1 unspecified atom stereocenters. The standard InChI is InChI=1S/C23H27NO2/c1-4-7-20-15-21(12-13-22(20)26-3)23(25)24-16(2)18-11-10-17-8-5-6-9-19(17)14-18/h4,10-16H,1,5-9H2,2-3H3,(H,24,25). The Balaban J connectivity index is 1.75. The Bertz CT molecular complexity index is 810. The lowest BCUT2D eigenvalue weighted by molar-refractivity contribution is 0.0939. The molecule has 0 spiro atoms. The molecular weight excluding hydrogens is 322 g/mol. The molecule has 0 heterocycles. The molecule has 0 fully saturated rings. The Kier molecular flexibility index (Phi) is 5.77. The van der Waals surface area contributed by atoms with Crippen molar-refractivity contribution in [3.05, 3.63) is 76.9 Å². The maximum atomic E-state index is 12.7. The number of allylic oxidation sites excluding steroid dienone is 1. The summed E-state index contributed by atoms with van der Waals surface area (Å²) < 4.78 is 5.36. The highest BCUT2D eigenvalue weighted by molar-refractivity contribution is 5.94. The Morgan fingerprint density at radius 1 is 1.19 bits per heavy atom. The molecule has 0 bridgehead atoms. The minimum atomic E-state index is -0.0665. The number of benzene rings is 2. The third kappa shape index (κ3) is 3.98. The summed E-state index contributed by atoms with van der Waals surface area (Å²) in [5.74, 6) is 0.715. The van der Waals surface area contributed by atoms with Crippen molar-refractivity contribution in [2.75, 3.05) is 7.11 Å². The summed E-state index contributed by atoms with van der Waals surface area (Å²) in [7, 11) is 1.64. The lowest BCUT2D eigenvalue weighted by atomic mass is 9.89. The number of fused-ring (bicyclic) bond motifs is 1. The zero-order chi connectivity index (χ0) is 18.5. The van der Waals surface area contributed by atoms with Crippen LogP contribution in [0.5, 0.6) is 5.75 Å². The van der Waals surface area contributed by atoms with Gasteiger partial charge in [-0.1, -0.05) is 24.3 Å². The van der Waals surface area contributed by atoms with E-state index in [0.29, 0.717) is 12.0 Å². The lowest BCUT2D eigenvalue weighted by Crippen LogP contribution is -2.27. The van der Waals surface area contributed by atoms with Crippen molar-refractivity contribution < 1.29 is 9.53 Å². The monoisotopic (exact) mass is 349 g/mol. The van der Waals surface area contributed by atoms with Crippen LogP contribution in [0.2, 0.25) is 0 Å². The van der Waals surface area contributed by atoms with E-state index in [1.165, 1.54) is 36.0 Å². The molecule has 0 radical (unpaired) electrons. The van der Waals surface area contributed by atoms with Crippen LogP contribution in [-0.2, 0) is 19.3 Å². The molecule has 3 heteroatoms. The van der Waals surface area contributed by atoms with E-state index in [9.17, 15) is 4.79 Å². The highest BCUT2D eigenvalue weighted by Gasteiger charge is 2.16. The van der Waals surface area contributed by atoms with E-state index in [1.54, 1.807) is 13.2 Å². The van der Waals surface area contributed by atoms with E-state index in [1.807, 2.05) is 25.1 Å². The van der Waals surface area contributed by atoms with Crippen molar-refractivity contribution in [2.45, 2.75) is 45.1 Å². The molecule has 3 rings (SSSR count). The number of ether oxygens (including phenoxy) is 1. The third-order valence-corrected chi connectivity index (χ3v) is 5.13. The van der Waals surface area contributed by atoms with Crippen LogP contribution in [0.3, 0.4) is 0 Å². The number of carbonyl (C=O) groups is 1. The van der Waals surface area contributed by atoms with Gasteiger partial charge in [-0.3, -0.25) is 4.79 Å². The molecular formula is C23H27NO2. The van der Waals surface area contributed by atoms with Gasteiger partial charge in [-0.05, 0) is 79.5 Å². The molecule has 2 aromatic rings. The van der Waals surface area contributed by atoms with Gasteiger partial charge in [0.25, 0.3) is 5.91 Å². The summed E-state index contributed by atoms with van der Waals surface area (Å²) in [5, 5.41) is 3.12. The Labute approximate surface area is 156 Å². The second kappa shape index (κ2) is 8.22. The fraction of sp³-hybridized carbons (Fsp3) is 0.348. The minimum absolute atomic E-state index is 0.0281. The van der Waals surface area contributed by atoms with Crippen LogP contribution < -0.4 is 10.1 Å². The van der Waals surface area contributed by atoms with Crippen LogP contribution in [0.4, 0.5) is 0 Å². The van der Waals surface area contributed by atoms with E-state index < -0.39 is 0 Å². The SMILES string of the molecule is C=CCc1cc(C(=O)NC(C)c2ccc3c(c2)CCCC3)ccc1OC. The van der Waals surface area contributed by atoms with Crippen LogP contribution in [0.25, 0.3) is 0 Å². The first kappa shape index (κ1) is 18.2. The van der Waals surface area contributed by atoms with Crippen molar-refractivity contribution >= 4 is 5.91 Å². The topological polar surface area (TPSA) is 38.3 Å². The number of nitrogens with one attached hydrogen (secondary N) is 1. The number of methoxy groups -OCH3 is 1. The molecule has 1 atom stereocenters. The lowest BCUT2D eigenvalue weighted by Gasteiger charge is -2.20. The van der Waals surface area contributed by atoms with Crippen LogP contribution in [0.1, 0.15) is 58.4 Å². The zero-order valence-corrected chi connectivity index (χ0v) is 15.7. The highest BCUT2D eigenvalue weighted by atomic mass is 16.5. The highest BCUT2D eigenvalue weighted by Crippen LogP contribution is 2.25. The molecule has 136 valence electrons. The largest absolute Gasteiger partial charge is 0.496 e. The quantitative estimate of drug-likeness (QED) is 0.761. The second-order valence-electron chi connectivity index (χ2n) is 6.95. The smallest absolute Gasteiger partial charge is 0.251 e. The Morgan fingerprint density at radius 3 is 2.69 bits per heavy atom. The molecule has 1 N–H and O–H groups in total. The van der Waals surface area contributed by atoms with E-state index in [-0.39, 0.29) is 11.9 Å². The first-order chi connectivity index (χ1) is 12.6. The van der Waals surface area contributed by atoms with E-state index in [0.717, 1.165) is 17.7 Å². The van der Waals surface area contributed by atoms with Gasteiger partial charge in [0.1, 0.15) is 5.75 Å². The zero-order valence-electron chi connectivity index (χ0n) is 15.7. The predicted octanol–water partition coefficient (Wildman–Crippen LogP) is 4.79. The summed E-state index contributed by atoms with van der Waals surface area (Å²) in [6.45, 7) is 5.81. The predicted molar refractivity (Wildman–Crippen MR) is 106 cm³/mol. The number of carbonyl (C=O) groups excluding carboxylic acids is 1. The summed E-state index contributed by atoms with van der Waals surface area (Å²) in [5.41, 5.74) is 5.68. The van der Waals surface area contributed by atoms with Gasteiger partial charge < -0.3 is 10.1 Å². The number of rotatable bonds is 6. The average molecular weight is 349 g/mol. The van der Waals surface area contributed by atoms with Crippen molar-refractivity contribution in [2.24, 2.45) is 0 Å². The van der Waals surface area contributed by atoms with Crippen molar-refractivity contribution in [1.29, 1.82) is 0 Å². The Morgan fingerprint density at radius 2 is 1.96 bits per heavy atom. The van der Waals surface area contributed by atoms with Gasteiger partial charge in [0.15, 0.2) is 0 Å². The molecule has 1 aliphatic carbocycles. The summed E-state index contributed by atoms with van der Waals surface area (Å²) in [6, 6.07) is 12.1. The van der Waals surface area contributed by atoms with Crippen LogP contribution in [-0.4, -0.2) is 13.0 Å². The molecule has 1 aliphatic rings. The van der Waals surface area contributed by atoms with Crippen LogP contribution >= 0.6 is 0 Å². The Hall–Kier alpha value is -2.55. The van der Waals surface area contributed by atoms with E-state index >= 15 is 0 Å². The normalized spacial score (nSPS) is 14.2. The summed E-state index contributed by atoms with van der Waals surface area (Å²) in [6.07, 6.45) is 7.35. The number of aryl methyl sites for hydroxylation is 2. The molecule has 0 aromatic heterocycles. The summed E-state index contributed by atoms with van der Waals surface area (Å²) in [4.78, 5) is 12.7. The molecule has 3 nitrogen and oxygen atoms in total. The maximum absolute atomic E-state index is 12.7. The van der Waals surface area contributed by atoms with Gasteiger partial charge in [0.05, 0.1) is 13.2 Å². The molecule has 26 heavy (non-hydrogen) atoms. The maximum Gasteiger partial charge on any atom is 0.251 e. The van der Waals surface area contributed by atoms with Crippen molar-refractivity contribution in [1.82, 2.24) is 5.32 Å². The molecule has 0 aliphatic heterocycles. The van der Waals surface area contributed by atoms with Crippen molar-refractivity contribution in [3.8, 4) is 5.75 Å². The van der Waals surface area contributed by atoms with Crippen LogP contribution in [0.15, 0.2) is 49.1 Å². The van der Waals surface area contributed by atoms with E-state index in [2.05, 4.69) is 30.1 Å². The molecule has 1 amide bonds. The first-order valence-electron chi connectivity index (χ1n) is 9.32.